The maximum absolute atomic E-state index is 13.8. The molecule has 3 aliphatic heterocycles. The number of benzene rings is 1. The average molecular weight is 590 g/mol. The maximum Gasteiger partial charge on any atom is 0.320 e. The molecule has 1 unspecified atom stereocenters. The molecule has 13 heteroatoms. The lowest BCUT2D eigenvalue weighted by Crippen LogP contribution is -2.56. The number of rotatable bonds is 7. The number of ether oxygens (including phenoxy) is 2. The van der Waals surface area contributed by atoms with Crippen LogP contribution in [0, 0.1) is 13.5 Å². The van der Waals surface area contributed by atoms with Gasteiger partial charge >= 0.3 is 6.01 Å². The molecule has 1 N–H and O–H groups in total. The first-order valence-electron chi connectivity index (χ1n) is 14.5. The third-order valence-corrected chi connectivity index (χ3v) is 8.87. The molecule has 5 heterocycles. The molecule has 3 atom stereocenters. The van der Waals surface area contributed by atoms with Crippen LogP contribution in [0.4, 0.5) is 16.0 Å². The van der Waals surface area contributed by atoms with Crippen molar-refractivity contribution < 1.29 is 18.7 Å². The van der Waals surface area contributed by atoms with Crippen LogP contribution in [0.2, 0.25) is 0 Å². The molecule has 2 aromatic heterocycles. The number of aryl methyl sites for hydroxylation is 1. The Morgan fingerprint density at radius 3 is 2.79 bits per heavy atom. The minimum atomic E-state index is -1.03. The highest BCUT2D eigenvalue weighted by molar-refractivity contribution is 5.91. The van der Waals surface area contributed by atoms with Gasteiger partial charge in [0.25, 0.3) is 5.91 Å². The van der Waals surface area contributed by atoms with Crippen molar-refractivity contribution >= 4 is 28.4 Å². The van der Waals surface area contributed by atoms with Gasteiger partial charge in [-0.25, -0.2) is 11.0 Å². The van der Waals surface area contributed by atoms with Gasteiger partial charge in [-0.15, -0.1) is 0 Å². The van der Waals surface area contributed by atoms with Crippen molar-refractivity contribution in [1.29, 1.82) is 0 Å². The number of likely N-dealkylation sites (tertiary alicyclic amines) is 1. The van der Waals surface area contributed by atoms with Crippen LogP contribution >= 0.6 is 0 Å². The number of fused-ring (bicyclic) bond motifs is 2. The van der Waals surface area contributed by atoms with E-state index in [2.05, 4.69) is 51.5 Å². The number of nitrogens with zero attached hydrogens (tertiary/aromatic N) is 8. The van der Waals surface area contributed by atoms with E-state index in [1.807, 2.05) is 24.2 Å². The number of anilines is 2. The van der Waals surface area contributed by atoms with Crippen LogP contribution in [-0.4, -0.2) is 108 Å². The summed E-state index contributed by atoms with van der Waals surface area (Å²) in [6.07, 6.45) is 4.00. The SMILES string of the molecule is [C-]#[N+]C[C@H]1CN(c2nc(OC[C@@H]3CCCN3C)nc3c2OCC(c2c(C)ccc4[nH]ncc24)N3C)CCN1C(=O)C(=C)F. The third kappa shape index (κ3) is 5.31. The molecular formula is C30H36FN9O3. The zero-order valence-electron chi connectivity index (χ0n) is 24.7. The lowest BCUT2D eigenvalue weighted by atomic mass is 9.96. The second-order valence-corrected chi connectivity index (χ2v) is 11.5. The Labute approximate surface area is 249 Å². The number of aromatic nitrogens is 4. The van der Waals surface area contributed by atoms with Crippen molar-refractivity contribution in [2.45, 2.75) is 37.9 Å². The van der Waals surface area contributed by atoms with E-state index in [0.29, 0.717) is 37.1 Å². The highest BCUT2D eigenvalue weighted by Gasteiger charge is 2.39. The molecule has 226 valence electrons. The predicted octanol–water partition coefficient (Wildman–Crippen LogP) is 3.12. The van der Waals surface area contributed by atoms with Crippen molar-refractivity contribution in [2.75, 3.05) is 69.8 Å². The summed E-state index contributed by atoms with van der Waals surface area (Å²) < 4.78 is 26.5. The molecule has 2 saturated heterocycles. The Morgan fingerprint density at radius 1 is 1.23 bits per heavy atom. The van der Waals surface area contributed by atoms with Gasteiger partial charge in [-0.2, -0.15) is 15.1 Å². The fraction of sp³-hybridized carbons (Fsp3) is 0.500. The van der Waals surface area contributed by atoms with Gasteiger partial charge in [0.2, 0.25) is 12.3 Å². The van der Waals surface area contributed by atoms with Gasteiger partial charge in [0.05, 0.1) is 17.8 Å². The lowest BCUT2D eigenvalue weighted by molar-refractivity contribution is -0.131. The first-order valence-corrected chi connectivity index (χ1v) is 14.5. The molecule has 1 aromatic carbocycles. The van der Waals surface area contributed by atoms with Crippen molar-refractivity contribution in [3.63, 3.8) is 0 Å². The van der Waals surface area contributed by atoms with E-state index < -0.39 is 17.8 Å². The zero-order valence-corrected chi connectivity index (χ0v) is 24.7. The smallest absolute Gasteiger partial charge is 0.320 e. The monoisotopic (exact) mass is 589 g/mol. The van der Waals surface area contributed by atoms with E-state index >= 15 is 0 Å². The Bertz CT molecular complexity index is 1590. The Balaban J connectivity index is 1.37. The van der Waals surface area contributed by atoms with Gasteiger partial charge < -0.3 is 33.9 Å². The maximum atomic E-state index is 13.8. The summed E-state index contributed by atoms with van der Waals surface area (Å²) in [5, 5.41) is 8.34. The molecule has 1 amide bonds. The number of piperazine rings is 1. The highest BCUT2D eigenvalue weighted by Crippen LogP contribution is 2.45. The fourth-order valence-corrected chi connectivity index (χ4v) is 6.44. The number of hydrogen-bond acceptors (Lipinski definition) is 9. The van der Waals surface area contributed by atoms with Crippen molar-refractivity contribution in [3.8, 4) is 11.8 Å². The van der Waals surface area contributed by atoms with Gasteiger partial charge in [-0.3, -0.25) is 9.89 Å². The van der Waals surface area contributed by atoms with Gasteiger partial charge in [-0.05, 0) is 50.6 Å². The number of aromatic amines is 1. The van der Waals surface area contributed by atoms with Crippen LogP contribution in [0.3, 0.4) is 0 Å². The molecule has 0 bridgehead atoms. The average Bonchev–Trinajstić information content (AvgIpc) is 3.65. The third-order valence-electron chi connectivity index (χ3n) is 8.87. The number of carbonyl (C=O) groups is 1. The normalized spacial score (nSPS) is 22.3. The second-order valence-electron chi connectivity index (χ2n) is 11.5. The van der Waals surface area contributed by atoms with E-state index in [1.165, 1.54) is 4.90 Å². The number of hydrogen-bond donors (Lipinski definition) is 1. The zero-order chi connectivity index (χ0) is 30.2. The van der Waals surface area contributed by atoms with E-state index in [0.717, 1.165) is 41.4 Å². The van der Waals surface area contributed by atoms with E-state index in [1.54, 1.807) is 0 Å². The predicted molar refractivity (Wildman–Crippen MR) is 160 cm³/mol. The molecule has 0 aliphatic carbocycles. The van der Waals surface area contributed by atoms with Crippen molar-refractivity contribution in [2.24, 2.45) is 0 Å². The summed E-state index contributed by atoms with van der Waals surface area (Å²) >= 11 is 0. The van der Waals surface area contributed by atoms with Gasteiger partial charge in [0.1, 0.15) is 19.3 Å². The first kappa shape index (κ1) is 28.7. The molecule has 6 rings (SSSR count). The van der Waals surface area contributed by atoms with E-state index in [4.69, 9.17) is 26.0 Å². The molecule has 0 spiro atoms. The highest BCUT2D eigenvalue weighted by atomic mass is 19.1. The molecule has 2 fully saturated rings. The standard InChI is InChI=1S/C30H36FN9O3/c1-18-8-9-23-22(14-33-36-23)25(18)24-17-42-26-27(38(24)5)34-30(43-16-20-7-6-10-37(20)4)35-28(26)39-11-12-40(29(41)19(2)31)21(15-39)13-32-3/h8-9,14,20-21,24H,2,6-7,10-13,15-17H2,1,4-5H3,(H,33,36)/t20-,21-,24?/m0/s1. The van der Waals surface area contributed by atoms with Gasteiger partial charge in [0, 0.05) is 38.1 Å². The minimum Gasteiger partial charge on any atom is -0.484 e. The molecule has 0 radical (unpaired) electrons. The number of H-pyrrole nitrogens is 1. The molecule has 43 heavy (non-hydrogen) atoms. The van der Waals surface area contributed by atoms with Crippen molar-refractivity contribution in [3.05, 3.63) is 53.3 Å². The molecule has 12 nitrogen and oxygen atoms in total. The van der Waals surface area contributed by atoms with E-state index in [-0.39, 0.29) is 37.7 Å². The summed E-state index contributed by atoms with van der Waals surface area (Å²) in [4.78, 5) is 33.4. The summed E-state index contributed by atoms with van der Waals surface area (Å²) in [5.41, 5.74) is 3.16. The number of amides is 1. The van der Waals surface area contributed by atoms with Gasteiger partial charge in [0.15, 0.2) is 17.5 Å². The van der Waals surface area contributed by atoms with Gasteiger partial charge in [-0.1, -0.05) is 12.6 Å². The molecule has 3 aromatic rings. The lowest BCUT2D eigenvalue weighted by Gasteiger charge is -2.41. The Kier molecular flexibility index (Phi) is 7.79. The van der Waals surface area contributed by atoms with Crippen LogP contribution in [0.15, 0.2) is 30.7 Å². The van der Waals surface area contributed by atoms with Crippen LogP contribution in [0.5, 0.6) is 11.8 Å². The number of carbonyl (C=O) groups excluding carboxylic acids is 1. The number of nitrogens with one attached hydrogen (secondary N) is 1. The molecule has 3 aliphatic rings. The quantitative estimate of drug-likeness (QED) is 0.329. The number of likely N-dealkylation sites (N-methyl/N-ethyl adjacent to an activating group) is 2. The molecule has 0 saturated carbocycles. The fourth-order valence-electron chi connectivity index (χ4n) is 6.44. The summed E-state index contributed by atoms with van der Waals surface area (Å²) in [6, 6.07) is 3.92. The summed E-state index contributed by atoms with van der Waals surface area (Å²) in [6.45, 7) is 15.4. The Morgan fingerprint density at radius 2 is 2.05 bits per heavy atom. The topological polar surface area (TPSA) is 107 Å². The van der Waals surface area contributed by atoms with Crippen LogP contribution in [0.25, 0.3) is 15.7 Å². The second kappa shape index (κ2) is 11.7. The molecular weight excluding hydrogens is 553 g/mol. The first-order chi connectivity index (χ1) is 20.8. The minimum absolute atomic E-state index is 0.0248. The Hall–Kier alpha value is -4.44. The van der Waals surface area contributed by atoms with E-state index in [9.17, 15) is 9.18 Å². The summed E-state index contributed by atoms with van der Waals surface area (Å²) in [7, 11) is 4.08. The van der Waals surface area contributed by atoms with Crippen molar-refractivity contribution in [1.82, 2.24) is 30.0 Å². The van der Waals surface area contributed by atoms with Crippen LogP contribution < -0.4 is 19.3 Å². The number of halogens is 1. The van der Waals surface area contributed by atoms with Crippen LogP contribution in [-0.2, 0) is 4.79 Å². The summed E-state index contributed by atoms with van der Waals surface area (Å²) in [5.74, 6) is -0.185. The largest absolute Gasteiger partial charge is 0.484 e. The van der Waals surface area contributed by atoms with Crippen LogP contribution in [0.1, 0.15) is 30.0 Å².